The van der Waals surface area contributed by atoms with Crippen LogP contribution in [0.4, 0.5) is 18.3 Å². The molecule has 3 aromatic rings. The normalized spacial score (nSPS) is 19.6. The van der Waals surface area contributed by atoms with Crippen LogP contribution in [0, 0.1) is 5.92 Å². The number of sulfone groups is 1. The van der Waals surface area contributed by atoms with Crippen LogP contribution in [0.1, 0.15) is 38.7 Å². The van der Waals surface area contributed by atoms with Gasteiger partial charge in [0.05, 0.1) is 25.4 Å². The maximum Gasteiger partial charge on any atom is 0.416 e. The molecule has 1 fully saturated rings. The number of piperidine rings is 1. The molecule has 1 amide bonds. The summed E-state index contributed by atoms with van der Waals surface area (Å²) in [5.41, 5.74) is -0.221. The molecule has 33 heavy (non-hydrogen) atoms. The molecule has 2 atom stereocenters. The number of hydrogen-bond donors (Lipinski definition) is 0. The van der Waals surface area contributed by atoms with E-state index in [1.165, 1.54) is 24.3 Å². The van der Waals surface area contributed by atoms with Crippen LogP contribution in [-0.2, 0) is 20.8 Å². The van der Waals surface area contributed by atoms with Crippen molar-refractivity contribution in [1.82, 2.24) is 4.98 Å². The van der Waals surface area contributed by atoms with E-state index in [9.17, 15) is 26.4 Å². The Morgan fingerprint density at radius 1 is 1.15 bits per heavy atom. The highest BCUT2D eigenvalue weighted by molar-refractivity contribution is 7.92. The Bertz CT molecular complexity index is 1270. The van der Waals surface area contributed by atoms with Gasteiger partial charge in [0.1, 0.15) is 0 Å². The van der Waals surface area contributed by atoms with Gasteiger partial charge >= 0.3 is 6.18 Å². The molecule has 2 heterocycles. The van der Waals surface area contributed by atoms with Gasteiger partial charge in [-0.25, -0.2) is 13.4 Å². The van der Waals surface area contributed by atoms with Crippen molar-refractivity contribution in [3.8, 4) is 0 Å². The molecule has 10 heteroatoms. The predicted octanol–water partition coefficient (Wildman–Crippen LogP) is 5.70. The number of para-hydroxylation sites is 1. The number of benzene rings is 2. The zero-order valence-corrected chi connectivity index (χ0v) is 19.7. The fourth-order valence-electron chi connectivity index (χ4n) is 4.34. The van der Waals surface area contributed by atoms with Crippen LogP contribution in [0.25, 0.3) is 10.2 Å². The lowest BCUT2D eigenvalue weighted by atomic mass is 9.83. The first-order chi connectivity index (χ1) is 15.5. The summed E-state index contributed by atoms with van der Waals surface area (Å²) < 4.78 is 66.2. The van der Waals surface area contributed by atoms with Crippen LogP contribution >= 0.6 is 11.3 Å². The van der Waals surface area contributed by atoms with Crippen molar-refractivity contribution in [2.75, 3.05) is 11.4 Å². The van der Waals surface area contributed by atoms with Crippen LogP contribution in [0.3, 0.4) is 0 Å². The van der Waals surface area contributed by atoms with Gasteiger partial charge in [-0.3, -0.25) is 9.69 Å². The van der Waals surface area contributed by atoms with Crippen LogP contribution in [0.2, 0.25) is 0 Å². The number of anilines is 1. The number of fused-ring (bicyclic) bond motifs is 1. The van der Waals surface area contributed by atoms with Crippen molar-refractivity contribution in [1.29, 1.82) is 0 Å². The maximum atomic E-state index is 13.5. The van der Waals surface area contributed by atoms with Gasteiger partial charge in [-0.1, -0.05) is 36.5 Å². The zero-order valence-electron chi connectivity index (χ0n) is 18.1. The van der Waals surface area contributed by atoms with Gasteiger partial charge in [0.25, 0.3) is 0 Å². The van der Waals surface area contributed by atoms with E-state index < -0.39 is 32.2 Å². The Hall–Kier alpha value is -2.46. The van der Waals surface area contributed by atoms with E-state index >= 15 is 0 Å². The van der Waals surface area contributed by atoms with Crippen LogP contribution in [0.15, 0.2) is 53.4 Å². The van der Waals surface area contributed by atoms with Gasteiger partial charge in [-0.05, 0) is 56.0 Å². The molecule has 0 N–H and O–H groups in total. The summed E-state index contributed by atoms with van der Waals surface area (Å²) >= 11 is 1.40. The Labute approximate surface area is 194 Å². The van der Waals surface area contributed by atoms with Gasteiger partial charge < -0.3 is 0 Å². The number of hydrogen-bond acceptors (Lipinski definition) is 5. The summed E-state index contributed by atoms with van der Waals surface area (Å²) in [6.45, 7) is 3.53. The number of carbonyl (C=O) groups excluding carboxylic acids is 1. The third kappa shape index (κ3) is 4.14. The first-order valence-corrected chi connectivity index (χ1v) is 12.8. The summed E-state index contributed by atoms with van der Waals surface area (Å²) in [5.74, 6) is -0.760. The summed E-state index contributed by atoms with van der Waals surface area (Å²) in [4.78, 5) is 18.8. The second-order valence-electron chi connectivity index (χ2n) is 8.39. The quantitative estimate of drug-likeness (QED) is 0.454. The van der Waals surface area contributed by atoms with E-state index in [1.54, 1.807) is 11.8 Å². The maximum absolute atomic E-state index is 13.5. The molecule has 1 aliphatic heterocycles. The Morgan fingerprint density at radius 2 is 1.88 bits per heavy atom. The fraction of sp³-hybridized carbons (Fsp3) is 0.391. The highest BCUT2D eigenvalue weighted by atomic mass is 32.2. The Kier molecular flexibility index (Phi) is 6.03. The van der Waals surface area contributed by atoms with E-state index in [2.05, 4.69) is 4.98 Å². The largest absolute Gasteiger partial charge is 0.416 e. The standard InChI is InChI=1S/C23H23F3N2O3S2/c1-3-22(2,33(30,31)17-8-6-7-16(13-17)23(24,25)26)15-11-12-28(20(29)14-15)21-27-18-9-4-5-10-19(18)32-21/h4-10,13,15H,3,11-12,14H2,1-2H3/t15-,22?/m0/s1. The molecule has 176 valence electrons. The first kappa shape index (κ1) is 23.7. The number of alkyl halides is 3. The molecule has 1 aromatic heterocycles. The molecule has 0 bridgehead atoms. The van der Waals surface area contributed by atoms with E-state index in [1.807, 2.05) is 24.3 Å². The summed E-state index contributed by atoms with van der Waals surface area (Å²) in [6, 6.07) is 11.4. The molecule has 2 aromatic carbocycles. The van der Waals surface area contributed by atoms with E-state index in [0.717, 1.165) is 22.3 Å². The average Bonchev–Trinajstić information content (AvgIpc) is 3.21. The average molecular weight is 497 g/mol. The SMILES string of the molecule is CCC(C)([C@H]1CCN(c2nc3ccccc3s2)C(=O)C1)S(=O)(=O)c1cccc(C(F)(F)F)c1. The number of amides is 1. The van der Waals surface area contributed by atoms with Crippen molar-refractivity contribution in [2.45, 2.75) is 48.9 Å². The molecule has 0 saturated carbocycles. The van der Waals surface area contributed by atoms with Crippen LogP contribution in [0.5, 0.6) is 0 Å². The first-order valence-electron chi connectivity index (χ1n) is 10.5. The number of halogens is 3. The Morgan fingerprint density at radius 3 is 2.52 bits per heavy atom. The van der Waals surface area contributed by atoms with E-state index in [4.69, 9.17) is 0 Å². The molecule has 0 spiro atoms. The van der Waals surface area contributed by atoms with E-state index in [0.29, 0.717) is 24.2 Å². The van der Waals surface area contributed by atoms with Crippen molar-refractivity contribution in [3.63, 3.8) is 0 Å². The van der Waals surface area contributed by atoms with Crippen molar-refractivity contribution in [3.05, 3.63) is 54.1 Å². The van der Waals surface area contributed by atoms with Crippen molar-refractivity contribution in [2.24, 2.45) is 5.92 Å². The summed E-state index contributed by atoms with van der Waals surface area (Å²) in [6.07, 6.45) is -4.08. The molecule has 0 aliphatic carbocycles. The van der Waals surface area contributed by atoms with Gasteiger partial charge in [0, 0.05) is 13.0 Å². The summed E-state index contributed by atoms with van der Waals surface area (Å²) in [5, 5.41) is 0.568. The molecule has 1 aliphatic rings. The molecule has 5 nitrogen and oxygen atoms in total. The third-order valence-corrected chi connectivity index (χ3v) is 10.4. The van der Waals surface area contributed by atoms with Crippen LogP contribution < -0.4 is 4.90 Å². The van der Waals surface area contributed by atoms with Gasteiger partial charge in [-0.15, -0.1) is 0 Å². The summed E-state index contributed by atoms with van der Waals surface area (Å²) in [7, 11) is -4.14. The van der Waals surface area contributed by atoms with Crippen LogP contribution in [-0.4, -0.2) is 30.6 Å². The minimum absolute atomic E-state index is 0.0154. The van der Waals surface area contributed by atoms with Gasteiger partial charge in [-0.2, -0.15) is 13.2 Å². The number of thiazole rings is 1. The molecule has 1 unspecified atom stereocenters. The minimum atomic E-state index is -4.65. The third-order valence-electron chi connectivity index (χ3n) is 6.59. The second kappa shape index (κ2) is 8.39. The second-order valence-corrected chi connectivity index (χ2v) is 11.8. The molecular formula is C23H23F3N2O3S2. The minimum Gasteiger partial charge on any atom is -0.288 e. The smallest absolute Gasteiger partial charge is 0.288 e. The lowest BCUT2D eigenvalue weighted by Gasteiger charge is -2.40. The lowest BCUT2D eigenvalue weighted by molar-refractivity contribution is -0.137. The number of rotatable bonds is 5. The molecule has 1 saturated heterocycles. The topological polar surface area (TPSA) is 67.3 Å². The predicted molar refractivity (Wildman–Crippen MR) is 122 cm³/mol. The van der Waals surface area contributed by atoms with Crippen molar-refractivity contribution < 1.29 is 26.4 Å². The highest BCUT2D eigenvalue weighted by Gasteiger charge is 2.48. The lowest BCUT2D eigenvalue weighted by Crippen LogP contribution is -2.50. The fourth-order valence-corrected chi connectivity index (χ4v) is 7.45. The number of carbonyl (C=O) groups is 1. The molecule has 4 rings (SSSR count). The number of aromatic nitrogens is 1. The van der Waals surface area contributed by atoms with Gasteiger partial charge in [0.15, 0.2) is 15.0 Å². The zero-order chi connectivity index (χ0) is 24.0. The van der Waals surface area contributed by atoms with E-state index in [-0.39, 0.29) is 23.6 Å². The molecular weight excluding hydrogens is 473 g/mol. The number of nitrogens with zero attached hydrogens (tertiary/aromatic N) is 2. The molecule has 0 radical (unpaired) electrons. The van der Waals surface area contributed by atoms with Crippen molar-refractivity contribution >= 4 is 42.4 Å². The monoisotopic (exact) mass is 496 g/mol. The Balaban J connectivity index is 1.61. The van der Waals surface area contributed by atoms with Gasteiger partial charge in [0.2, 0.25) is 5.91 Å². The highest BCUT2D eigenvalue weighted by Crippen LogP contribution is 2.43.